The molecule has 0 bridgehead atoms. The Morgan fingerprint density at radius 1 is 1.21 bits per heavy atom. The van der Waals surface area contributed by atoms with Gasteiger partial charge in [0.05, 0.1) is 38.1 Å². The van der Waals surface area contributed by atoms with Crippen LogP contribution in [0.25, 0.3) is 0 Å². The molecule has 2 fully saturated rings. The molecule has 1 atom stereocenters. The van der Waals surface area contributed by atoms with E-state index >= 15 is 0 Å². The highest BCUT2D eigenvalue weighted by Gasteiger charge is 2.38. The summed E-state index contributed by atoms with van der Waals surface area (Å²) in [6.07, 6.45) is 2.60. The molecular formula is C21H26N4O4. The summed E-state index contributed by atoms with van der Waals surface area (Å²) in [4.78, 5) is 29.3. The number of fused-ring (bicyclic) bond motifs is 1. The first-order valence-corrected chi connectivity index (χ1v) is 10.2. The number of amides is 2. The second-order valence-electron chi connectivity index (χ2n) is 7.84. The minimum absolute atomic E-state index is 0.0801. The molecule has 1 aliphatic carbocycles. The fraction of sp³-hybridized carbons (Fsp3) is 0.571. The number of anilines is 1. The Kier molecular flexibility index (Phi) is 5.58. The average molecular weight is 398 g/mol. The summed E-state index contributed by atoms with van der Waals surface area (Å²) >= 11 is 0. The molecule has 8 heteroatoms. The molecule has 0 aromatic heterocycles. The second kappa shape index (κ2) is 8.29. The van der Waals surface area contributed by atoms with Gasteiger partial charge in [-0.05, 0) is 37.8 Å². The number of rotatable bonds is 4. The number of nitrogens with one attached hydrogen (secondary N) is 1. The first-order chi connectivity index (χ1) is 14.1. The van der Waals surface area contributed by atoms with E-state index in [1.54, 1.807) is 4.90 Å². The number of morpholine rings is 1. The Hall–Kier alpha value is -2.79. The highest BCUT2D eigenvalue weighted by Crippen LogP contribution is 2.34. The number of ether oxygens (including phenoxy) is 2. The van der Waals surface area contributed by atoms with Crippen LogP contribution < -0.4 is 15.0 Å². The number of para-hydroxylation sites is 2. The average Bonchev–Trinajstić information content (AvgIpc) is 3.22. The lowest BCUT2D eigenvalue weighted by Gasteiger charge is -2.38. The number of carbonyl (C=O) groups excluding carboxylic acids is 2. The van der Waals surface area contributed by atoms with Gasteiger partial charge in [-0.25, -0.2) is 0 Å². The lowest BCUT2D eigenvalue weighted by atomic mass is 10.00. The number of nitrogens with zero attached hydrogens (tertiary/aromatic N) is 3. The molecule has 0 radical (unpaired) electrons. The van der Waals surface area contributed by atoms with Gasteiger partial charge in [0.2, 0.25) is 5.91 Å². The molecule has 2 amide bonds. The normalized spacial score (nSPS) is 22.9. The van der Waals surface area contributed by atoms with Crippen LogP contribution in [0.1, 0.15) is 25.7 Å². The van der Waals surface area contributed by atoms with Crippen molar-refractivity contribution in [2.24, 2.45) is 0 Å². The summed E-state index contributed by atoms with van der Waals surface area (Å²) in [7, 11) is 0. The largest absolute Gasteiger partial charge is 0.477 e. The molecule has 8 nitrogen and oxygen atoms in total. The van der Waals surface area contributed by atoms with E-state index in [1.807, 2.05) is 29.2 Å². The number of hydrogen-bond acceptors (Lipinski definition) is 6. The van der Waals surface area contributed by atoms with Gasteiger partial charge in [0, 0.05) is 13.1 Å². The van der Waals surface area contributed by atoms with E-state index in [4.69, 9.17) is 9.47 Å². The smallest absolute Gasteiger partial charge is 0.265 e. The minimum atomic E-state index is -0.758. The molecule has 1 aromatic rings. The Balaban J connectivity index is 1.48. The number of carbonyl (C=O) groups is 2. The van der Waals surface area contributed by atoms with E-state index in [0.717, 1.165) is 18.5 Å². The van der Waals surface area contributed by atoms with Crippen LogP contribution in [0.2, 0.25) is 0 Å². The van der Waals surface area contributed by atoms with Crippen molar-refractivity contribution in [3.63, 3.8) is 0 Å². The predicted molar refractivity (Wildman–Crippen MR) is 105 cm³/mol. The summed E-state index contributed by atoms with van der Waals surface area (Å²) in [6.45, 7) is 2.52. The monoisotopic (exact) mass is 398 g/mol. The maximum atomic E-state index is 12.9. The van der Waals surface area contributed by atoms with Crippen molar-refractivity contribution in [1.29, 1.82) is 5.26 Å². The highest BCUT2D eigenvalue weighted by molar-refractivity contribution is 5.86. The van der Waals surface area contributed by atoms with Gasteiger partial charge in [0.1, 0.15) is 11.3 Å². The minimum Gasteiger partial charge on any atom is -0.477 e. The van der Waals surface area contributed by atoms with Gasteiger partial charge in [-0.1, -0.05) is 12.1 Å². The van der Waals surface area contributed by atoms with Gasteiger partial charge in [-0.3, -0.25) is 9.59 Å². The standard InChI is InChI=1S/C21H26N4O4/c22-15-21(7-3-4-8-21)23-19(26)14-25-13-18(20(27)24-9-11-28-12-10-24)29-17-6-2-1-5-16(17)25/h1-2,5-6,18H,3-4,7-14H2,(H,23,26)/t18-/m0/s1. The zero-order valence-electron chi connectivity index (χ0n) is 16.4. The molecular weight excluding hydrogens is 372 g/mol. The van der Waals surface area contributed by atoms with Crippen molar-refractivity contribution >= 4 is 17.5 Å². The topological polar surface area (TPSA) is 94.9 Å². The van der Waals surface area contributed by atoms with E-state index in [1.165, 1.54) is 0 Å². The van der Waals surface area contributed by atoms with Crippen LogP contribution in [0.3, 0.4) is 0 Å². The van der Waals surface area contributed by atoms with E-state index in [9.17, 15) is 14.9 Å². The van der Waals surface area contributed by atoms with Gasteiger partial charge in [-0.15, -0.1) is 0 Å². The van der Waals surface area contributed by atoms with Crippen molar-refractivity contribution < 1.29 is 19.1 Å². The molecule has 3 aliphatic rings. The summed E-state index contributed by atoms with van der Waals surface area (Å²) in [5.74, 6) is 0.300. The third kappa shape index (κ3) is 4.15. The molecule has 1 N–H and O–H groups in total. The van der Waals surface area contributed by atoms with Crippen LogP contribution in [-0.2, 0) is 14.3 Å². The lowest BCUT2D eigenvalue weighted by molar-refractivity contribution is -0.142. The SMILES string of the molecule is N#CC1(NC(=O)CN2C[C@@H](C(=O)N3CCOCC3)Oc3ccccc32)CCCC1. The molecule has 0 unspecified atom stereocenters. The van der Waals surface area contributed by atoms with Crippen LogP contribution in [-0.4, -0.2) is 67.7 Å². The Morgan fingerprint density at radius 3 is 2.66 bits per heavy atom. The first-order valence-electron chi connectivity index (χ1n) is 10.2. The Labute approximate surface area is 170 Å². The molecule has 4 rings (SSSR count). The van der Waals surface area contributed by atoms with E-state index in [0.29, 0.717) is 51.4 Å². The maximum absolute atomic E-state index is 12.9. The van der Waals surface area contributed by atoms with Crippen LogP contribution in [0.5, 0.6) is 5.75 Å². The highest BCUT2D eigenvalue weighted by atomic mass is 16.5. The molecule has 1 saturated carbocycles. The van der Waals surface area contributed by atoms with Gasteiger partial charge < -0.3 is 24.6 Å². The van der Waals surface area contributed by atoms with Crippen molar-refractivity contribution in [3.8, 4) is 11.8 Å². The van der Waals surface area contributed by atoms with Crippen LogP contribution in [0.4, 0.5) is 5.69 Å². The Morgan fingerprint density at radius 2 is 1.93 bits per heavy atom. The van der Waals surface area contributed by atoms with Gasteiger partial charge in [0.25, 0.3) is 5.91 Å². The van der Waals surface area contributed by atoms with Gasteiger partial charge >= 0.3 is 0 Å². The van der Waals surface area contributed by atoms with Crippen molar-refractivity contribution in [2.75, 3.05) is 44.3 Å². The van der Waals surface area contributed by atoms with Gasteiger partial charge in [0.15, 0.2) is 6.10 Å². The number of hydrogen-bond donors (Lipinski definition) is 1. The molecule has 1 saturated heterocycles. The number of benzene rings is 1. The number of nitriles is 1. The van der Waals surface area contributed by atoms with E-state index in [2.05, 4.69) is 11.4 Å². The quantitative estimate of drug-likeness (QED) is 0.815. The summed E-state index contributed by atoms with van der Waals surface area (Å²) in [6, 6.07) is 9.71. The van der Waals surface area contributed by atoms with Crippen molar-refractivity contribution in [3.05, 3.63) is 24.3 Å². The van der Waals surface area contributed by atoms with Gasteiger partial charge in [-0.2, -0.15) is 5.26 Å². The molecule has 29 heavy (non-hydrogen) atoms. The fourth-order valence-electron chi connectivity index (χ4n) is 4.30. The maximum Gasteiger partial charge on any atom is 0.265 e. The first kappa shape index (κ1) is 19.5. The van der Waals surface area contributed by atoms with Crippen LogP contribution in [0.15, 0.2) is 24.3 Å². The summed E-state index contributed by atoms with van der Waals surface area (Å²) in [5, 5.41) is 12.5. The fourth-order valence-corrected chi connectivity index (χ4v) is 4.30. The Bertz CT molecular complexity index is 809. The van der Waals surface area contributed by atoms with E-state index < -0.39 is 11.6 Å². The summed E-state index contributed by atoms with van der Waals surface area (Å²) in [5.41, 5.74) is 0.0254. The summed E-state index contributed by atoms with van der Waals surface area (Å²) < 4.78 is 11.3. The second-order valence-corrected chi connectivity index (χ2v) is 7.84. The molecule has 0 spiro atoms. The third-order valence-corrected chi connectivity index (χ3v) is 5.84. The zero-order valence-corrected chi connectivity index (χ0v) is 16.4. The molecule has 2 heterocycles. The van der Waals surface area contributed by atoms with E-state index in [-0.39, 0.29) is 18.4 Å². The molecule has 1 aromatic carbocycles. The molecule has 2 aliphatic heterocycles. The van der Waals surface area contributed by atoms with Crippen LogP contribution >= 0.6 is 0 Å². The zero-order chi connectivity index (χ0) is 20.3. The lowest BCUT2D eigenvalue weighted by Crippen LogP contribution is -2.55. The predicted octanol–water partition coefficient (Wildman–Crippen LogP) is 1.07. The molecule has 154 valence electrons. The van der Waals surface area contributed by atoms with Crippen molar-refractivity contribution in [2.45, 2.75) is 37.3 Å². The third-order valence-electron chi connectivity index (χ3n) is 5.84. The van der Waals surface area contributed by atoms with Crippen LogP contribution in [0, 0.1) is 11.3 Å². The van der Waals surface area contributed by atoms with Crippen molar-refractivity contribution in [1.82, 2.24) is 10.2 Å².